The summed E-state index contributed by atoms with van der Waals surface area (Å²) < 4.78 is 9.63. The summed E-state index contributed by atoms with van der Waals surface area (Å²) >= 11 is 0. The van der Waals surface area contributed by atoms with Crippen LogP contribution in [0.15, 0.2) is 0 Å². The second-order valence-electron chi connectivity index (χ2n) is 2.88. The molecule has 1 N–H and O–H groups in total. The van der Waals surface area contributed by atoms with Crippen molar-refractivity contribution < 1.29 is 14.6 Å². The van der Waals surface area contributed by atoms with Crippen molar-refractivity contribution in [2.45, 2.75) is 25.9 Å². The van der Waals surface area contributed by atoms with Crippen molar-refractivity contribution in [3.8, 4) is 0 Å². The molecule has 0 saturated carbocycles. The van der Waals surface area contributed by atoms with Gasteiger partial charge in [0, 0.05) is 7.11 Å². The number of aliphatic hydroxyl groups is 1. The number of methoxy groups -OCH3 is 1. The largest absolute Gasteiger partial charge is 0.390 e. The Hall–Kier alpha value is -0.120. The van der Waals surface area contributed by atoms with E-state index in [1.165, 1.54) is 0 Å². The highest BCUT2D eigenvalue weighted by atomic mass is 16.7. The Kier molecular flexibility index (Phi) is 4.60. The van der Waals surface area contributed by atoms with E-state index in [1.807, 2.05) is 0 Å². The monoisotopic (exact) mass is 148 g/mol. The molecule has 10 heavy (non-hydrogen) atoms. The van der Waals surface area contributed by atoms with E-state index < -0.39 is 5.60 Å². The predicted octanol–water partition coefficient (Wildman–Crippen LogP) is 0.768. The molecule has 0 aliphatic carbocycles. The Morgan fingerprint density at radius 2 is 2.00 bits per heavy atom. The normalized spacial score (nSPS) is 12.0. The third-order valence-corrected chi connectivity index (χ3v) is 1.06. The maximum absolute atomic E-state index is 9.20. The number of rotatable bonds is 5. The summed E-state index contributed by atoms with van der Waals surface area (Å²) in [6, 6.07) is 0. The zero-order valence-electron chi connectivity index (χ0n) is 6.89. The number of ether oxygens (including phenoxy) is 2. The van der Waals surface area contributed by atoms with Gasteiger partial charge >= 0.3 is 0 Å². The van der Waals surface area contributed by atoms with E-state index in [-0.39, 0.29) is 0 Å². The summed E-state index contributed by atoms with van der Waals surface area (Å²) in [5.41, 5.74) is -0.631. The van der Waals surface area contributed by atoms with Crippen molar-refractivity contribution in [1.82, 2.24) is 0 Å². The molecule has 0 aliphatic heterocycles. The van der Waals surface area contributed by atoms with Gasteiger partial charge in [0.15, 0.2) is 0 Å². The average Bonchev–Trinajstić information content (AvgIpc) is 1.78. The lowest BCUT2D eigenvalue weighted by Crippen LogP contribution is -2.21. The Labute approximate surface area is 62.0 Å². The molecule has 0 fully saturated rings. The van der Waals surface area contributed by atoms with E-state index in [2.05, 4.69) is 4.74 Å². The van der Waals surface area contributed by atoms with E-state index in [1.54, 1.807) is 21.0 Å². The molecule has 0 unspecified atom stereocenters. The molecule has 0 rings (SSSR count). The van der Waals surface area contributed by atoms with E-state index in [9.17, 15) is 5.11 Å². The lowest BCUT2D eigenvalue weighted by molar-refractivity contribution is -0.0505. The van der Waals surface area contributed by atoms with Crippen molar-refractivity contribution in [2.24, 2.45) is 0 Å². The molecular formula is C7H16O3. The van der Waals surface area contributed by atoms with Crippen molar-refractivity contribution >= 4 is 0 Å². The molecule has 0 radical (unpaired) electrons. The molecule has 0 aromatic heterocycles. The van der Waals surface area contributed by atoms with Crippen LogP contribution >= 0.6 is 0 Å². The van der Waals surface area contributed by atoms with Crippen LogP contribution in [0.3, 0.4) is 0 Å². The number of hydrogen-bond acceptors (Lipinski definition) is 3. The fourth-order valence-electron chi connectivity index (χ4n) is 0.464. The fourth-order valence-corrected chi connectivity index (χ4v) is 0.464. The Morgan fingerprint density at radius 3 is 2.40 bits per heavy atom. The van der Waals surface area contributed by atoms with Gasteiger partial charge < -0.3 is 14.6 Å². The van der Waals surface area contributed by atoms with Gasteiger partial charge in [-0.3, -0.25) is 0 Å². The van der Waals surface area contributed by atoms with Crippen LogP contribution in [0.5, 0.6) is 0 Å². The third kappa shape index (κ3) is 7.88. The molecule has 62 valence electrons. The van der Waals surface area contributed by atoms with Gasteiger partial charge in [-0.2, -0.15) is 0 Å². The molecule has 0 heterocycles. The van der Waals surface area contributed by atoms with Gasteiger partial charge in [-0.05, 0) is 20.3 Å². The minimum absolute atomic E-state index is 0.302. The second kappa shape index (κ2) is 4.66. The van der Waals surface area contributed by atoms with Crippen LogP contribution in [-0.2, 0) is 9.47 Å². The van der Waals surface area contributed by atoms with E-state index >= 15 is 0 Å². The van der Waals surface area contributed by atoms with Crippen molar-refractivity contribution in [3.05, 3.63) is 0 Å². The highest BCUT2D eigenvalue weighted by Crippen LogP contribution is 2.06. The average molecular weight is 148 g/mol. The second-order valence-corrected chi connectivity index (χ2v) is 2.88. The standard InChI is InChI=1S/C7H16O3/c1-7(2,8)4-5-10-6-9-3/h8H,4-6H2,1-3H3. The van der Waals surface area contributed by atoms with Crippen LogP contribution in [0.4, 0.5) is 0 Å². The van der Waals surface area contributed by atoms with E-state index in [0.29, 0.717) is 19.8 Å². The first-order chi connectivity index (χ1) is 4.56. The lowest BCUT2D eigenvalue weighted by Gasteiger charge is -2.15. The predicted molar refractivity (Wildman–Crippen MR) is 38.7 cm³/mol. The lowest BCUT2D eigenvalue weighted by atomic mass is 10.1. The van der Waals surface area contributed by atoms with Crippen LogP contribution in [-0.4, -0.2) is 31.2 Å². The van der Waals surface area contributed by atoms with Crippen LogP contribution in [0, 0.1) is 0 Å². The Bertz CT molecular complexity index is 75.4. The van der Waals surface area contributed by atoms with Crippen molar-refractivity contribution in [3.63, 3.8) is 0 Å². The van der Waals surface area contributed by atoms with Crippen LogP contribution < -0.4 is 0 Å². The third-order valence-electron chi connectivity index (χ3n) is 1.06. The molecule has 3 nitrogen and oxygen atoms in total. The highest BCUT2D eigenvalue weighted by molar-refractivity contribution is 4.62. The van der Waals surface area contributed by atoms with Gasteiger partial charge in [0.05, 0.1) is 12.2 Å². The Balaban J connectivity index is 3.04. The molecule has 0 amide bonds. The Morgan fingerprint density at radius 1 is 1.40 bits per heavy atom. The summed E-state index contributed by atoms with van der Waals surface area (Å²) in [5, 5.41) is 9.20. The summed E-state index contributed by atoms with van der Waals surface area (Å²) in [6.45, 7) is 4.35. The molecule has 0 aromatic carbocycles. The SMILES string of the molecule is COCOCCC(C)(C)O. The molecule has 0 saturated heterocycles. The minimum atomic E-state index is -0.631. The minimum Gasteiger partial charge on any atom is -0.390 e. The summed E-state index contributed by atoms with van der Waals surface area (Å²) in [4.78, 5) is 0. The first kappa shape index (κ1) is 9.88. The van der Waals surface area contributed by atoms with E-state index in [0.717, 1.165) is 0 Å². The smallest absolute Gasteiger partial charge is 0.146 e. The maximum Gasteiger partial charge on any atom is 0.146 e. The van der Waals surface area contributed by atoms with Gasteiger partial charge in [-0.1, -0.05) is 0 Å². The highest BCUT2D eigenvalue weighted by Gasteiger charge is 2.10. The van der Waals surface area contributed by atoms with Gasteiger partial charge in [0.25, 0.3) is 0 Å². The summed E-state index contributed by atoms with van der Waals surface area (Å²) in [7, 11) is 1.57. The molecule has 0 aromatic rings. The topological polar surface area (TPSA) is 38.7 Å². The zero-order valence-corrected chi connectivity index (χ0v) is 6.89. The molecule has 0 atom stereocenters. The molecule has 0 bridgehead atoms. The molecule has 0 aliphatic rings. The first-order valence-electron chi connectivity index (χ1n) is 3.35. The maximum atomic E-state index is 9.20. The van der Waals surface area contributed by atoms with Gasteiger partial charge in [-0.15, -0.1) is 0 Å². The molecular weight excluding hydrogens is 132 g/mol. The van der Waals surface area contributed by atoms with Crippen LogP contribution in [0.1, 0.15) is 20.3 Å². The van der Waals surface area contributed by atoms with Gasteiger partial charge in [-0.25, -0.2) is 0 Å². The van der Waals surface area contributed by atoms with Crippen molar-refractivity contribution in [2.75, 3.05) is 20.5 Å². The molecule has 3 heteroatoms. The van der Waals surface area contributed by atoms with E-state index in [4.69, 9.17) is 4.74 Å². The zero-order chi connectivity index (χ0) is 8.04. The van der Waals surface area contributed by atoms with Gasteiger partial charge in [0.2, 0.25) is 0 Å². The molecule has 0 spiro atoms. The summed E-state index contributed by atoms with van der Waals surface area (Å²) in [5.74, 6) is 0. The summed E-state index contributed by atoms with van der Waals surface area (Å²) in [6.07, 6.45) is 0.635. The van der Waals surface area contributed by atoms with Crippen LogP contribution in [0.25, 0.3) is 0 Å². The van der Waals surface area contributed by atoms with Crippen LogP contribution in [0.2, 0.25) is 0 Å². The van der Waals surface area contributed by atoms with Gasteiger partial charge in [0.1, 0.15) is 6.79 Å². The number of hydrogen-bond donors (Lipinski definition) is 1. The quantitative estimate of drug-likeness (QED) is 0.462. The first-order valence-corrected chi connectivity index (χ1v) is 3.35. The van der Waals surface area contributed by atoms with Crippen molar-refractivity contribution in [1.29, 1.82) is 0 Å². The fraction of sp³-hybridized carbons (Fsp3) is 1.00.